The zero-order valence-electron chi connectivity index (χ0n) is 12.0. The molecule has 0 aliphatic heterocycles. The van der Waals surface area contributed by atoms with Gasteiger partial charge in [0.15, 0.2) is 5.78 Å². The summed E-state index contributed by atoms with van der Waals surface area (Å²) in [5.41, 5.74) is 3.08. The summed E-state index contributed by atoms with van der Waals surface area (Å²) in [5, 5.41) is 4.86. The first-order chi connectivity index (χ1) is 9.43. The molecule has 106 valence electrons. The van der Waals surface area contributed by atoms with Crippen molar-refractivity contribution in [2.45, 2.75) is 20.3 Å². The summed E-state index contributed by atoms with van der Waals surface area (Å²) >= 11 is 5.99. The van der Waals surface area contributed by atoms with Crippen LogP contribution in [0, 0.1) is 13.8 Å². The number of ether oxygens (including phenoxy) is 1. The molecule has 0 unspecified atom stereocenters. The molecule has 1 aromatic carbocycles. The Kier molecular flexibility index (Phi) is 4.14. The van der Waals surface area contributed by atoms with Crippen LogP contribution in [-0.4, -0.2) is 22.7 Å². The van der Waals surface area contributed by atoms with Gasteiger partial charge in [0.2, 0.25) is 0 Å². The Hall–Kier alpha value is -1.81. The van der Waals surface area contributed by atoms with E-state index in [0.717, 1.165) is 17.0 Å². The molecule has 0 spiro atoms. The van der Waals surface area contributed by atoms with E-state index < -0.39 is 0 Å². The summed E-state index contributed by atoms with van der Waals surface area (Å²) in [7, 11) is 3.41. The standard InChI is InChI=1S/C15H17ClN2O2/c1-9-15(10(2)18(3)17-9)13(19)8-11-7-12(16)5-6-14(11)20-4/h5-7H,8H2,1-4H3. The highest BCUT2D eigenvalue weighted by Gasteiger charge is 2.19. The third-order valence-electron chi connectivity index (χ3n) is 3.38. The summed E-state index contributed by atoms with van der Waals surface area (Å²) in [6.45, 7) is 3.73. The highest BCUT2D eigenvalue weighted by atomic mass is 35.5. The molecule has 0 bridgehead atoms. The molecule has 0 aliphatic carbocycles. The first-order valence-corrected chi connectivity index (χ1v) is 6.67. The van der Waals surface area contributed by atoms with Crippen LogP contribution in [0.25, 0.3) is 0 Å². The predicted molar refractivity (Wildman–Crippen MR) is 78.7 cm³/mol. The third-order valence-corrected chi connectivity index (χ3v) is 3.62. The molecule has 0 atom stereocenters. The molecule has 2 aromatic rings. The number of carbonyl (C=O) groups excluding carboxylic acids is 1. The minimum absolute atomic E-state index is 0.0219. The lowest BCUT2D eigenvalue weighted by Gasteiger charge is -2.08. The topological polar surface area (TPSA) is 44.1 Å². The molecule has 5 heteroatoms. The maximum Gasteiger partial charge on any atom is 0.171 e. The first kappa shape index (κ1) is 14.6. The quantitative estimate of drug-likeness (QED) is 0.813. The highest BCUT2D eigenvalue weighted by molar-refractivity contribution is 6.30. The van der Waals surface area contributed by atoms with Gasteiger partial charge in [-0.3, -0.25) is 9.48 Å². The Labute approximate surface area is 123 Å². The van der Waals surface area contributed by atoms with Gasteiger partial charge >= 0.3 is 0 Å². The lowest BCUT2D eigenvalue weighted by Crippen LogP contribution is -2.07. The van der Waals surface area contributed by atoms with Crippen molar-refractivity contribution in [2.75, 3.05) is 7.11 Å². The largest absolute Gasteiger partial charge is 0.496 e. The Morgan fingerprint density at radius 1 is 1.40 bits per heavy atom. The average molecular weight is 293 g/mol. The summed E-state index contributed by atoms with van der Waals surface area (Å²) < 4.78 is 6.99. The van der Waals surface area contributed by atoms with Crippen LogP contribution in [0.5, 0.6) is 5.75 Å². The van der Waals surface area contributed by atoms with E-state index >= 15 is 0 Å². The third kappa shape index (κ3) is 2.70. The SMILES string of the molecule is COc1ccc(Cl)cc1CC(=O)c1c(C)nn(C)c1C. The number of hydrogen-bond donors (Lipinski definition) is 0. The molecule has 1 aromatic heterocycles. The number of methoxy groups -OCH3 is 1. The number of aryl methyl sites for hydroxylation is 2. The second-order valence-electron chi connectivity index (χ2n) is 4.73. The number of hydrogen-bond acceptors (Lipinski definition) is 3. The molecule has 0 radical (unpaired) electrons. The van der Waals surface area contributed by atoms with Crippen LogP contribution in [0.1, 0.15) is 27.3 Å². The summed E-state index contributed by atoms with van der Waals surface area (Å²) in [4.78, 5) is 12.5. The fourth-order valence-corrected chi connectivity index (χ4v) is 2.52. The zero-order valence-corrected chi connectivity index (χ0v) is 12.8. The average Bonchev–Trinajstić information content (AvgIpc) is 2.63. The Morgan fingerprint density at radius 2 is 2.10 bits per heavy atom. The van der Waals surface area contributed by atoms with E-state index in [0.29, 0.717) is 16.3 Å². The summed E-state index contributed by atoms with van der Waals surface area (Å²) in [6, 6.07) is 5.28. The molecule has 0 saturated carbocycles. The Morgan fingerprint density at radius 3 is 2.65 bits per heavy atom. The van der Waals surface area contributed by atoms with Gasteiger partial charge in [0.25, 0.3) is 0 Å². The fourth-order valence-electron chi connectivity index (χ4n) is 2.32. The highest BCUT2D eigenvalue weighted by Crippen LogP contribution is 2.25. The number of rotatable bonds is 4. The van der Waals surface area contributed by atoms with Crippen LogP contribution >= 0.6 is 11.6 Å². The first-order valence-electron chi connectivity index (χ1n) is 6.30. The summed E-state index contributed by atoms with van der Waals surface area (Å²) in [5.74, 6) is 0.690. The monoisotopic (exact) mass is 292 g/mol. The molecule has 20 heavy (non-hydrogen) atoms. The van der Waals surface area contributed by atoms with Crippen molar-refractivity contribution in [3.63, 3.8) is 0 Å². The van der Waals surface area contributed by atoms with Gasteiger partial charge in [-0.05, 0) is 32.0 Å². The van der Waals surface area contributed by atoms with E-state index in [1.165, 1.54) is 0 Å². The number of aromatic nitrogens is 2. The fraction of sp³-hybridized carbons (Fsp3) is 0.333. The van der Waals surface area contributed by atoms with Gasteiger partial charge in [-0.25, -0.2) is 0 Å². The Balaban J connectivity index is 2.35. The van der Waals surface area contributed by atoms with Crippen molar-refractivity contribution >= 4 is 17.4 Å². The van der Waals surface area contributed by atoms with Crippen molar-refractivity contribution in [2.24, 2.45) is 7.05 Å². The lowest BCUT2D eigenvalue weighted by molar-refractivity contribution is 0.0991. The van der Waals surface area contributed by atoms with Crippen LogP contribution < -0.4 is 4.74 Å². The van der Waals surface area contributed by atoms with Gasteiger partial charge < -0.3 is 4.74 Å². The molecule has 1 heterocycles. The maximum absolute atomic E-state index is 12.5. The van der Waals surface area contributed by atoms with E-state index in [1.807, 2.05) is 20.9 Å². The van der Waals surface area contributed by atoms with Crippen molar-refractivity contribution in [1.82, 2.24) is 9.78 Å². The molecule has 4 nitrogen and oxygen atoms in total. The molecular formula is C15H17ClN2O2. The van der Waals surface area contributed by atoms with Gasteiger partial charge in [-0.1, -0.05) is 11.6 Å². The van der Waals surface area contributed by atoms with Crippen LogP contribution in [0.3, 0.4) is 0 Å². The van der Waals surface area contributed by atoms with E-state index in [2.05, 4.69) is 5.10 Å². The molecule has 0 amide bonds. The molecular weight excluding hydrogens is 276 g/mol. The molecule has 0 N–H and O–H groups in total. The number of ketones is 1. The zero-order chi connectivity index (χ0) is 14.9. The normalized spacial score (nSPS) is 10.7. The number of Topliss-reactive ketones (excluding diaryl/α,β-unsaturated/α-hetero) is 1. The van der Waals surface area contributed by atoms with Crippen molar-refractivity contribution < 1.29 is 9.53 Å². The second-order valence-corrected chi connectivity index (χ2v) is 5.16. The predicted octanol–water partition coefficient (Wildman–Crippen LogP) is 3.12. The minimum atomic E-state index is 0.0219. The van der Waals surface area contributed by atoms with Crippen molar-refractivity contribution in [3.05, 3.63) is 45.7 Å². The molecule has 2 rings (SSSR count). The van der Waals surface area contributed by atoms with Crippen molar-refractivity contribution in [3.8, 4) is 5.75 Å². The van der Waals surface area contributed by atoms with E-state index in [4.69, 9.17) is 16.3 Å². The van der Waals surface area contributed by atoms with E-state index in [-0.39, 0.29) is 12.2 Å². The van der Waals surface area contributed by atoms with Crippen molar-refractivity contribution in [1.29, 1.82) is 0 Å². The molecule has 0 fully saturated rings. The molecule has 0 aliphatic rings. The van der Waals surface area contributed by atoms with Crippen LogP contribution in [0.4, 0.5) is 0 Å². The van der Waals surface area contributed by atoms with E-state index in [1.54, 1.807) is 30.0 Å². The number of halogens is 1. The number of nitrogens with zero attached hydrogens (tertiary/aromatic N) is 2. The smallest absolute Gasteiger partial charge is 0.171 e. The number of carbonyl (C=O) groups is 1. The molecule has 0 saturated heterocycles. The lowest BCUT2D eigenvalue weighted by atomic mass is 10.0. The van der Waals surface area contributed by atoms with Crippen LogP contribution in [0.2, 0.25) is 5.02 Å². The Bertz CT molecular complexity index is 662. The van der Waals surface area contributed by atoms with Crippen LogP contribution in [-0.2, 0) is 13.5 Å². The number of benzene rings is 1. The van der Waals surface area contributed by atoms with Gasteiger partial charge in [-0.2, -0.15) is 5.10 Å². The summed E-state index contributed by atoms with van der Waals surface area (Å²) in [6.07, 6.45) is 0.247. The van der Waals surface area contributed by atoms with Gasteiger partial charge in [-0.15, -0.1) is 0 Å². The van der Waals surface area contributed by atoms with Crippen LogP contribution in [0.15, 0.2) is 18.2 Å². The maximum atomic E-state index is 12.5. The minimum Gasteiger partial charge on any atom is -0.496 e. The van der Waals surface area contributed by atoms with E-state index in [9.17, 15) is 4.79 Å². The second kappa shape index (κ2) is 5.67. The van der Waals surface area contributed by atoms with Gasteiger partial charge in [0, 0.05) is 29.7 Å². The van der Waals surface area contributed by atoms with Gasteiger partial charge in [0.1, 0.15) is 5.75 Å². The van der Waals surface area contributed by atoms with Gasteiger partial charge in [0.05, 0.1) is 18.4 Å².